The van der Waals surface area contributed by atoms with Gasteiger partial charge in [-0.25, -0.2) is 4.79 Å². The molecule has 0 aromatic carbocycles. The van der Waals surface area contributed by atoms with E-state index in [2.05, 4.69) is 9.57 Å². The van der Waals surface area contributed by atoms with Gasteiger partial charge in [-0.2, -0.15) is 5.48 Å². The second-order valence-corrected chi connectivity index (χ2v) is 1.97. The minimum Gasteiger partial charge on any atom is -0.448 e. The average Bonchev–Trinajstić information content (AvgIpc) is 2.04. The van der Waals surface area contributed by atoms with Gasteiger partial charge in [-0.3, -0.25) is 4.84 Å². The Kier molecular flexibility index (Phi) is 6.35. The van der Waals surface area contributed by atoms with Crippen molar-refractivity contribution in [2.24, 2.45) is 0 Å². The van der Waals surface area contributed by atoms with Crippen LogP contribution in [0.3, 0.4) is 0 Å². The first kappa shape index (κ1) is 11.2. The molecule has 0 heterocycles. The highest BCUT2D eigenvalue weighted by Gasteiger charge is 2.04. The molecule has 0 aliphatic carbocycles. The summed E-state index contributed by atoms with van der Waals surface area (Å²) in [5.74, 6) is 0. The van der Waals surface area contributed by atoms with Crippen molar-refractivity contribution in [2.45, 2.75) is 13.0 Å². The highest BCUT2D eigenvalue weighted by atomic mass is 16.7. The molecule has 72 valence electrons. The van der Waals surface area contributed by atoms with Crippen molar-refractivity contribution in [2.75, 3.05) is 19.8 Å². The van der Waals surface area contributed by atoms with Crippen LogP contribution >= 0.6 is 0 Å². The van der Waals surface area contributed by atoms with Crippen molar-refractivity contribution in [3.63, 3.8) is 0 Å². The number of aliphatic hydroxyl groups is 2. The first-order chi connectivity index (χ1) is 5.70. The monoisotopic (exact) mass is 179 g/mol. The van der Waals surface area contributed by atoms with Gasteiger partial charge in [0, 0.05) is 0 Å². The smallest absolute Gasteiger partial charge is 0.431 e. The van der Waals surface area contributed by atoms with E-state index in [0.29, 0.717) is 0 Å². The lowest BCUT2D eigenvalue weighted by molar-refractivity contribution is -0.0343. The predicted molar refractivity (Wildman–Crippen MR) is 39.2 cm³/mol. The highest BCUT2D eigenvalue weighted by molar-refractivity contribution is 5.65. The van der Waals surface area contributed by atoms with E-state index in [0.717, 1.165) is 0 Å². The van der Waals surface area contributed by atoms with E-state index in [4.69, 9.17) is 10.2 Å². The molecule has 0 radical (unpaired) electrons. The molecule has 0 fully saturated rings. The molecule has 0 aliphatic rings. The molecule has 0 saturated carbocycles. The topological polar surface area (TPSA) is 88.0 Å². The molecule has 0 aromatic rings. The summed E-state index contributed by atoms with van der Waals surface area (Å²) in [5, 5.41) is 17.1. The van der Waals surface area contributed by atoms with Crippen molar-refractivity contribution in [1.82, 2.24) is 5.48 Å². The fraction of sp³-hybridized carbons (Fsp3) is 0.833. The molecule has 0 spiro atoms. The van der Waals surface area contributed by atoms with Gasteiger partial charge in [-0.1, -0.05) is 0 Å². The summed E-state index contributed by atoms with van der Waals surface area (Å²) < 4.78 is 4.44. The van der Waals surface area contributed by atoms with E-state index in [1.807, 2.05) is 5.48 Å². The first-order valence-corrected chi connectivity index (χ1v) is 3.54. The minimum absolute atomic E-state index is 0.171. The summed E-state index contributed by atoms with van der Waals surface area (Å²) >= 11 is 0. The Bertz CT molecular complexity index is 129. The van der Waals surface area contributed by atoms with Crippen LogP contribution in [0, 0.1) is 0 Å². The van der Waals surface area contributed by atoms with E-state index in [9.17, 15) is 4.79 Å². The van der Waals surface area contributed by atoms with Gasteiger partial charge in [0.2, 0.25) is 0 Å². The number of hydrogen-bond acceptors (Lipinski definition) is 5. The Balaban J connectivity index is 3.24. The minimum atomic E-state index is -0.994. The van der Waals surface area contributed by atoms with Crippen molar-refractivity contribution in [3.05, 3.63) is 0 Å². The zero-order valence-electron chi connectivity index (χ0n) is 6.82. The summed E-state index contributed by atoms with van der Waals surface area (Å²) in [6, 6.07) is 0. The number of hydroxylamine groups is 1. The van der Waals surface area contributed by atoms with Gasteiger partial charge in [0.25, 0.3) is 0 Å². The molecular formula is C6H13NO5. The summed E-state index contributed by atoms with van der Waals surface area (Å²) in [5.41, 5.74) is 1.92. The molecule has 0 saturated heterocycles. The van der Waals surface area contributed by atoms with Gasteiger partial charge in [-0.05, 0) is 6.92 Å². The normalized spacial score (nSPS) is 12.2. The Morgan fingerprint density at radius 3 is 2.83 bits per heavy atom. The maximum atomic E-state index is 10.5. The van der Waals surface area contributed by atoms with Crippen LogP contribution in [0.15, 0.2) is 0 Å². The fourth-order valence-electron chi connectivity index (χ4n) is 0.410. The van der Waals surface area contributed by atoms with Crippen molar-refractivity contribution in [3.8, 4) is 0 Å². The largest absolute Gasteiger partial charge is 0.448 e. The third-order valence-corrected chi connectivity index (χ3v) is 0.917. The molecule has 1 amide bonds. The summed E-state index contributed by atoms with van der Waals surface area (Å²) in [6.07, 6.45) is -1.71. The SMILES string of the molecule is CCOC(=O)NOCC(O)CO. The van der Waals surface area contributed by atoms with Crippen LogP contribution in [-0.2, 0) is 9.57 Å². The molecule has 0 rings (SSSR count). The standard InChI is InChI=1S/C6H13NO5/c1-2-11-6(10)7-12-4-5(9)3-8/h5,8-9H,2-4H2,1H3,(H,7,10). The van der Waals surface area contributed by atoms with Crippen molar-refractivity contribution >= 4 is 6.09 Å². The number of carbonyl (C=O) groups is 1. The van der Waals surface area contributed by atoms with Crippen LogP contribution in [0.25, 0.3) is 0 Å². The molecule has 1 atom stereocenters. The average molecular weight is 179 g/mol. The third kappa shape index (κ3) is 5.90. The van der Waals surface area contributed by atoms with Crippen LogP contribution in [0.2, 0.25) is 0 Å². The van der Waals surface area contributed by atoms with Crippen LogP contribution in [-0.4, -0.2) is 42.2 Å². The number of aliphatic hydroxyl groups excluding tert-OH is 2. The number of nitrogens with one attached hydrogen (secondary N) is 1. The molecule has 6 heteroatoms. The molecule has 6 nitrogen and oxygen atoms in total. The molecule has 1 unspecified atom stereocenters. The van der Waals surface area contributed by atoms with Crippen LogP contribution in [0.5, 0.6) is 0 Å². The Hall–Kier alpha value is -0.850. The summed E-state index contributed by atoms with van der Waals surface area (Å²) in [7, 11) is 0. The van der Waals surface area contributed by atoms with Crippen molar-refractivity contribution in [1.29, 1.82) is 0 Å². The summed E-state index contributed by atoms with van der Waals surface area (Å²) in [4.78, 5) is 15.0. The van der Waals surface area contributed by atoms with E-state index in [-0.39, 0.29) is 13.2 Å². The Labute approximate surface area is 70.0 Å². The van der Waals surface area contributed by atoms with Gasteiger partial charge in [0.15, 0.2) is 0 Å². The lowest BCUT2D eigenvalue weighted by Gasteiger charge is -2.08. The molecule has 0 aliphatic heterocycles. The quantitative estimate of drug-likeness (QED) is 0.472. The molecule has 12 heavy (non-hydrogen) atoms. The first-order valence-electron chi connectivity index (χ1n) is 3.54. The van der Waals surface area contributed by atoms with E-state index in [1.54, 1.807) is 6.92 Å². The molecule has 0 bridgehead atoms. The molecule has 0 aromatic heterocycles. The third-order valence-electron chi connectivity index (χ3n) is 0.917. The second-order valence-electron chi connectivity index (χ2n) is 1.97. The van der Waals surface area contributed by atoms with Crippen LogP contribution in [0.1, 0.15) is 6.92 Å². The number of rotatable bonds is 5. The fourth-order valence-corrected chi connectivity index (χ4v) is 0.410. The van der Waals surface area contributed by atoms with Crippen LogP contribution < -0.4 is 5.48 Å². The van der Waals surface area contributed by atoms with Crippen LogP contribution in [0.4, 0.5) is 4.79 Å². The number of hydrogen-bond donors (Lipinski definition) is 3. The predicted octanol–water partition coefficient (Wildman–Crippen LogP) is -0.983. The van der Waals surface area contributed by atoms with Gasteiger partial charge >= 0.3 is 6.09 Å². The lowest BCUT2D eigenvalue weighted by Crippen LogP contribution is -2.30. The molecule has 3 N–H and O–H groups in total. The number of amides is 1. The van der Waals surface area contributed by atoms with Gasteiger partial charge in [0.05, 0.1) is 13.2 Å². The molecular weight excluding hydrogens is 166 g/mol. The summed E-state index contributed by atoms with van der Waals surface area (Å²) in [6.45, 7) is 1.32. The van der Waals surface area contributed by atoms with Gasteiger partial charge in [0.1, 0.15) is 12.7 Å². The highest BCUT2D eigenvalue weighted by Crippen LogP contribution is 1.82. The Morgan fingerprint density at radius 2 is 2.33 bits per heavy atom. The van der Waals surface area contributed by atoms with E-state index >= 15 is 0 Å². The van der Waals surface area contributed by atoms with E-state index < -0.39 is 18.8 Å². The number of carbonyl (C=O) groups excluding carboxylic acids is 1. The van der Waals surface area contributed by atoms with E-state index in [1.165, 1.54) is 0 Å². The number of ether oxygens (including phenoxy) is 1. The maximum Gasteiger partial charge on any atom is 0.431 e. The van der Waals surface area contributed by atoms with Gasteiger partial charge in [-0.15, -0.1) is 0 Å². The second kappa shape index (κ2) is 6.84. The van der Waals surface area contributed by atoms with Gasteiger partial charge < -0.3 is 14.9 Å². The zero-order valence-corrected chi connectivity index (χ0v) is 6.82. The lowest BCUT2D eigenvalue weighted by atomic mass is 10.4. The van der Waals surface area contributed by atoms with Crippen molar-refractivity contribution < 1.29 is 24.6 Å². The zero-order chi connectivity index (χ0) is 9.40. The maximum absolute atomic E-state index is 10.5. The Morgan fingerprint density at radius 1 is 1.67 bits per heavy atom.